The number of aryl methyl sites for hydroxylation is 1. The van der Waals surface area contributed by atoms with Gasteiger partial charge in [-0.2, -0.15) is 0 Å². The highest BCUT2D eigenvalue weighted by atomic mass is 32.2. The highest BCUT2D eigenvalue weighted by molar-refractivity contribution is 7.89. The molecule has 1 aromatic heterocycles. The summed E-state index contributed by atoms with van der Waals surface area (Å²) in [6, 6.07) is 10.4. The van der Waals surface area contributed by atoms with Crippen LogP contribution in [0.4, 0.5) is 0 Å². The maximum atomic E-state index is 12.6. The standard InChI is InChI=1S/C20H26N2O5S/c1-15-3-8-19(27-15)18(22-9-11-26-12-10-22)13-21-20(23)17-6-4-16(5-7-17)14-28(2,24)25/h3-8,18H,9-14H2,1-2H3,(H,21,23). The Kier molecular flexibility index (Phi) is 6.53. The van der Waals surface area contributed by atoms with Crippen molar-refractivity contribution in [3.05, 3.63) is 59.0 Å². The van der Waals surface area contributed by atoms with Gasteiger partial charge in [0, 0.05) is 31.5 Å². The molecule has 1 N–H and O–H groups in total. The van der Waals surface area contributed by atoms with Crippen molar-refractivity contribution in [1.82, 2.24) is 10.2 Å². The van der Waals surface area contributed by atoms with E-state index in [1.54, 1.807) is 24.3 Å². The van der Waals surface area contributed by atoms with Gasteiger partial charge in [-0.15, -0.1) is 0 Å². The summed E-state index contributed by atoms with van der Waals surface area (Å²) in [5, 5.41) is 2.97. The maximum Gasteiger partial charge on any atom is 0.251 e. The zero-order valence-electron chi connectivity index (χ0n) is 16.2. The monoisotopic (exact) mass is 406 g/mol. The van der Waals surface area contributed by atoms with Gasteiger partial charge in [0.2, 0.25) is 0 Å². The summed E-state index contributed by atoms with van der Waals surface area (Å²) < 4.78 is 34.0. The second kappa shape index (κ2) is 8.89. The Hall–Kier alpha value is -2.16. The first-order valence-corrected chi connectivity index (χ1v) is 11.3. The second-order valence-electron chi connectivity index (χ2n) is 7.09. The number of rotatable bonds is 7. The molecule has 0 bridgehead atoms. The predicted octanol–water partition coefficient (Wildman–Crippen LogP) is 1.94. The van der Waals surface area contributed by atoms with Crippen LogP contribution in [0.1, 0.15) is 33.5 Å². The summed E-state index contributed by atoms with van der Waals surface area (Å²) in [4.78, 5) is 14.8. The fraction of sp³-hybridized carbons (Fsp3) is 0.450. The van der Waals surface area contributed by atoms with Crippen molar-refractivity contribution < 1.29 is 22.4 Å². The van der Waals surface area contributed by atoms with Gasteiger partial charge < -0.3 is 14.5 Å². The normalized spacial score (nSPS) is 16.6. The van der Waals surface area contributed by atoms with E-state index in [1.807, 2.05) is 19.1 Å². The van der Waals surface area contributed by atoms with Crippen molar-refractivity contribution in [1.29, 1.82) is 0 Å². The lowest BCUT2D eigenvalue weighted by atomic mass is 10.1. The van der Waals surface area contributed by atoms with E-state index in [0.29, 0.717) is 30.9 Å². The molecule has 1 amide bonds. The lowest BCUT2D eigenvalue weighted by molar-refractivity contribution is 0.0117. The van der Waals surface area contributed by atoms with Gasteiger partial charge in [0.15, 0.2) is 9.84 Å². The van der Waals surface area contributed by atoms with Gasteiger partial charge in [-0.1, -0.05) is 12.1 Å². The average molecular weight is 407 g/mol. The number of carbonyl (C=O) groups is 1. The molecule has 0 saturated carbocycles. The van der Waals surface area contributed by atoms with Gasteiger partial charge in [0.1, 0.15) is 11.5 Å². The van der Waals surface area contributed by atoms with Gasteiger partial charge in [-0.3, -0.25) is 9.69 Å². The summed E-state index contributed by atoms with van der Waals surface area (Å²) in [6.07, 6.45) is 1.19. The Bertz CT molecular complexity index is 899. The van der Waals surface area contributed by atoms with Gasteiger partial charge in [-0.25, -0.2) is 8.42 Å². The van der Waals surface area contributed by atoms with E-state index in [4.69, 9.17) is 9.15 Å². The Labute approximate surface area is 165 Å². The van der Waals surface area contributed by atoms with Gasteiger partial charge in [0.05, 0.1) is 25.0 Å². The lowest BCUT2D eigenvalue weighted by Crippen LogP contribution is -2.43. The minimum atomic E-state index is -3.10. The van der Waals surface area contributed by atoms with E-state index in [9.17, 15) is 13.2 Å². The number of ether oxygens (including phenoxy) is 1. The molecule has 1 fully saturated rings. The van der Waals surface area contributed by atoms with E-state index in [-0.39, 0.29) is 17.7 Å². The van der Waals surface area contributed by atoms with Crippen LogP contribution >= 0.6 is 0 Å². The van der Waals surface area contributed by atoms with Crippen molar-refractivity contribution in [2.75, 3.05) is 39.1 Å². The molecule has 2 aromatic rings. The molecule has 0 aliphatic carbocycles. The van der Waals surface area contributed by atoms with E-state index < -0.39 is 9.84 Å². The molecule has 152 valence electrons. The van der Waals surface area contributed by atoms with Crippen LogP contribution in [-0.2, 0) is 20.3 Å². The number of carbonyl (C=O) groups excluding carboxylic acids is 1. The fourth-order valence-corrected chi connectivity index (χ4v) is 4.08. The van der Waals surface area contributed by atoms with Gasteiger partial charge >= 0.3 is 0 Å². The van der Waals surface area contributed by atoms with Crippen LogP contribution in [0.5, 0.6) is 0 Å². The van der Waals surface area contributed by atoms with Crippen molar-refractivity contribution in [3.8, 4) is 0 Å². The number of nitrogens with one attached hydrogen (secondary N) is 1. The molecule has 1 saturated heterocycles. The third-order valence-electron chi connectivity index (χ3n) is 4.68. The molecular formula is C20H26N2O5S. The van der Waals surface area contributed by atoms with Crippen molar-refractivity contribution >= 4 is 15.7 Å². The van der Waals surface area contributed by atoms with E-state index >= 15 is 0 Å². The van der Waals surface area contributed by atoms with E-state index in [1.165, 1.54) is 6.26 Å². The smallest absolute Gasteiger partial charge is 0.251 e. The minimum absolute atomic E-state index is 0.0359. The summed E-state index contributed by atoms with van der Waals surface area (Å²) in [5.74, 6) is 1.42. The van der Waals surface area contributed by atoms with Crippen LogP contribution in [0.25, 0.3) is 0 Å². The fourth-order valence-electron chi connectivity index (χ4n) is 3.28. The predicted molar refractivity (Wildman–Crippen MR) is 106 cm³/mol. The molecule has 0 radical (unpaired) electrons. The molecule has 0 spiro atoms. The zero-order valence-corrected chi connectivity index (χ0v) is 17.0. The third kappa shape index (κ3) is 5.67. The summed E-state index contributed by atoms with van der Waals surface area (Å²) in [6.45, 7) is 5.19. The molecule has 1 unspecified atom stereocenters. The van der Waals surface area contributed by atoms with Gasteiger partial charge in [0.25, 0.3) is 5.91 Å². The number of morpholine rings is 1. The highest BCUT2D eigenvalue weighted by Gasteiger charge is 2.25. The first kappa shape index (κ1) is 20.6. The van der Waals surface area contributed by atoms with Gasteiger partial charge in [-0.05, 0) is 36.8 Å². The van der Waals surface area contributed by atoms with Crippen LogP contribution in [0.2, 0.25) is 0 Å². The quantitative estimate of drug-likeness (QED) is 0.756. The Morgan fingerprint density at radius 2 is 1.82 bits per heavy atom. The topological polar surface area (TPSA) is 88.9 Å². The molecule has 1 aromatic carbocycles. The zero-order chi connectivity index (χ0) is 20.1. The SMILES string of the molecule is Cc1ccc(C(CNC(=O)c2ccc(CS(C)(=O)=O)cc2)N2CCOCC2)o1. The molecule has 1 aliphatic heterocycles. The van der Waals surface area contributed by atoms with Crippen LogP contribution in [-0.4, -0.2) is 58.3 Å². The number of hydrogen-bond acceptors (Lipinski definition) is 6. The third-order valence-corrected chi connectivity index (χ3v) is 5.53. The number of furan rings is 1. The lowest BCUT2D eigenvalue weighted by Gasteiger charge is -2.33. The second-order valence-corrected chi connectivity index (χ2v) is 9.23. The van der Waals surface area contributed by atoms with Crippen LogP contribution in [0, 0.1) is 6.92 Å². The Balaban J connectivity index is 1.66. The molecule has 28 heavy (non-hydrogen) atoms. The molecule has 1 atom stereocenters. The molecule has 3 rings (SSSR count). The van der Waals surface area contributed by atoms with Crippen molar-refractivity contribution in [2.45, 2.75) is 18.7 Å². The van der Waals surface area contributed by atoms with Crippen molar-refractivity contribution in [3.63, 3.8) is 0 Å². The van der Waals surface area contributed by atoms with E-state index in [2.05, 4.69) is 10.2 Å². The summed E-state index contributed by atoms with van der Waals surface area (Å²) in [5.41, 5.74) is 1.16. The number of benzene rings is 1. The molecule has 2 heterocycles. The summed E-state index contributed by atoms with van der Waals surface area (Å²) in [7, 11) is -3.10. The Morgan fingerprint density at radius 1 is 1.14 bits per heavy atom. The Morgan fingerprint density at radius 3 is 2.39 bits per heavy atom. The molecule has 7 nitrogen and oxygen atoms in total. The van der Waals surface area contributed by atoms with Crippen LogP contribution in [0.15, 0.2) is 40.8 Å². The van der Waals surface area contributed by atoms with Crippen molar-refractivity contribution in [2.24, 2.45) is 0 Å². The minimum Gasteiger partial charge on any atom is -0.465 e. The molecule has 8 heteroatoms. The molecule has 1 aliphatic rings. The largest absolute Gasteiger partial charge is 0.465 e. The first-order chi connectivity index (χ1) is 13.3. The number of nitrogens with zero attached hydrogens (tertiary/aromatic N) is 1. The molecular weight excluding hydrogens is 380 g/mol. The van der Waals surface area contributed by atoms with Crippen LogP contribution < -0.4 is 5.32 Å². The average Bonchev–Trinajstić information content (AvgIpc) is 3.08. The van der Waals surface area contributed by atoms with E-state index in [0.717, 1.165) is 24.6 Å². The first-order valence-electron chi connectivity index (χ1n) is 9.25. The number of hydrogen-bond donors (Lipinski definition) is 1. The summed E-state index contributed by atoms with van der Waals surface area (Å²) >= 11 is 0. The van der Waals surface area contributed by atoms with Crippen LogP contribution in [0.3, 0.4) is 0 Å². The number of amides is 1. The highest BCUT2D eigenvalue weighted by Crippen LogP contribution is 2.23. The maximum absolute atomic E-state index is 12.6. The number of sulfone groups is 1.